The monoisotopic (exact) mass is 292 g/mol. The van der Waals surface area contributed by atoms with Gasteiger partial charge in [-0.1, -0.05) is 12.1 Å². The number of piperidine rings is 1. The Labute approximate surface area is 128 Å². The second-order valence-corrected chi connectivity index (χ2v) is 6.22. The van der Waals surface area contributed by atoms with Crippen molar-refractivity contribution in [2.75, 3.05) is 33.3 Å². The van der Waals surface area contributed by atoms with Crippen molar-refractivity contribution < 1.29 is 9.84 Å². The van der Waals surface area contributed by atoms with Crippen molar-refractivity contribution in [3.8, 4) is 5.75 Å². The number of aryl methyl sites for hydroxylation is 2. The number of aliphatic hydroxyl groups excluding tert-OH is 1. The van der Waals surface area contributed by atoms with Crippen LogP contribution in [0.4, 0.5) is 0 Å². The quantitative estimate of drug-likeness (QED) is 0.838. The first-order valence-electron chi connectivity index (χ1n) is 7.84. The van der Waals surface area contributed by atoms with Crippen LogP contribution in [-0.2, 0) is 0 Å². The highest BCUT2D eigenvalue weighted by Crippen LogP contribution is 2.19. The first-order chi connectivity index (χ1) is 10.0. The summed E-state index contributed by atoms with van der Waals surface area (Å²) in [7, 11) is 2.16. The second kappa shape index (κ2) is 7.78. The third kappa shape index (κ3) is 5.30. The normalized spacial score (nSPS) is 18.7. The van der Waals surface area contributed by atoms with E-state index in [9.17, 15) is 5.11 Å². The molecular formula is C17H28N2O2. The third-order valence-corrected chi connectivity index (χ3v) is 4.14. The molecule has 1 aromatic rings. The average Bonchev–Trinajstić information content (AvgIpc) is 2.47. The number of rotatable bonds is 6. The van der Waals surface area contributed by atoms with E-state index in [1.54, 1.807) is 0 Å². The zero-order chi connectivity index (χ0) is 15.2. The maximum Gasteiger partial charge on any atom is 0.122 e. The highest BCUT2D eigenvalue weighted by Gasteiger charge is 2.17. The van der Waals surface area contributed by atoms with Gasteiger partial charge in [0.1, 0.15) is 18.5 Å². The Bertz CT molecular complexity index is 442. The zero-order valence-electron chi connectivity index (χ0n) is 13.4. The van der Waals surface area contributed by atoms with Crippen LogP contribution in [0.5, 0.6) is 5.75 Å². The standard InChI is InChI=1S/C17H28N2O2/c1-13-4-5-14(2)17(10-13)21-12-16(20)11-18-15-6-8-19(3)9-7-15/h4-5,10,15-16,18,20H,6-9,11-12H2,1-3H3. The van der Waals surface area contributed by atoms with Crippen molar-refractivity contribution in [1.29, 1.82) is 0 Å². The summed E-state index contributed by atoms with van der Waals surface area (Å²) in [5.74, 6) is 0.869. The Balaban J connectivity index is 1.70. The summed E-state index contributed by atoms with van der Waals surface area (Å²) in [6.45, 7) is 7.27. The molecule has 1 fully saturated rings. The molecular weight excluding hydrogens is 264 g/mol. The smallest absolute Gasteiger partial charge is 0.122 e. The molecule has 0 saturated carbocycles. The van der Waals surface area contributed by atoms with Gasteiger partial charge in [-0.2, -0.15) is 0 Å². The number of nitrogens with zero attached hydrogens (tertiary/aromatic N) is 1. The van der Waals surface area contributed by atoms with E-state index in [0.29, 0.717) is 19.2 Å². The van der Waals surface area contributed by atoms with Crippen molar-refractivity contribution in [2.45, 2.75) is 38.8 Å². The van der Waals surface area contributed by atoms with E-state index in [0.717, 1.165) is 37.2 Å². The minimum Gasteiger partial charge on any atom is -0.491 e. The van der Waals surface area contributed by atoms with E-state index in [1.807, 2.05) is 26.0 Å². The molecule has 1 atom stereocenters. The Kier molecular flexibility index (Phi) is 6.03. The molecule has 1 unspecified atom stereocenters. The Morgan fingerprint density at radius 1 is 1.33 bits per heavy atom. The van der Waals surface area contributed by atoms with Crippen LogP contribution in [0, 0.1) is 13.8 Å². The molecule has 1 aromatic carbocycles. The van der Waals surface area contributed by atoms with Crippen LogP contribution in [0.2, 0.25) is 0 Å². The highest BCUT2D eigenvalue weighted by molar-refractivity contribution is 5.35. The van der Waals surface area contributed by atoms with Gasteiger partial charge in [0, 0.05) is 12.6 Å². The van der Waals surface area contributed by atoms with Gasteiger partial charge in [0.15, 0.2) is 0 Å². The van der Waals surface area contributed by atoms with E-state index in [4.69, 9.17) is 4.74 Å². The third-order valence-electron chi connectivity index (χ3n) is 4.14. The molecule has 2 rings (SSSR count). The molecule has 118 valence electrons. The van der Waals surface area contributed by atoms with Crippen molar-refractivity contribution >= 4 is 0 Å². The van der Waals surface area contributed by atoms with Crippen molar-refractivity contribution in [2.24, 2.45) is 0 Å². The van der Waals surface area contributed by atoms with Gasteiger partial charge >= 0.3 is 0 Å². The first kappa shape index (κ1) is 16.3. The lowest BCUT2D eigenvalue weighted by molar-refractivity contribution is 0.0992. The number of benzene rings is 1. The second-order valence-electron chi connectivity index (χ2n) is 6.22. The van der Waals surface area contributed by atoms with Gasteiger partial charge in [-0.15, -0.1) is 0 Å². The average molecular weight is 292 g/mol. The van der Waals surface area contributed by atoms with Gasteiger partial charge in [-0.25, -0.2) is 0 Å². The SMILES string of the molecule is Cc1ccc(C)c(OCC(O)CNC2CCN(C)CC2)c1. The van der Waals surface area contributed by atoms with E-state index in [1.165, 1.54) is 5.56 Å². The molecule has 21 heavy (non-hydrogen) atoms. The Morgan fingerprint density at radius 2 is 2.05 bits per heavy atom. The fourth-order valence-corrected chi connectivity index (χ4v) is 2.62. The molecule has 0 radical (unpaired) electrons. The number of likely N-dealkylation sites (tertiary alicyclic amines) is 1. The topological polar surface area (TPSA) is 44.7 Å². The van der Waals surface area contributed by atoms with Crippen LogP contribution < -0.4 is 10.1 Å². The molecule has 0 aromatic heterocycles. The summed E-state index contributed by atoms with van der Waals surface area (Å²) in [6.07, 6.45) is 1.84. The van der Waals surface area contributed by atoms with E-state index in [2.05, 4.69) is 23.3 Å². The van der Waals surface area contributed by atoms with Crippen molar-refractivity contribution in [1.82, 2.24) is 10.2 Å². The van der Waals surface area contributed by atoms with E-state index < -0.39 is 6.10 Å². The van der Waals surface area contributed by atoms with Crippen molar-refractivity contribution in [3.63, 3.8) is 0 Å². The van der Waals surface area contributed by atoms with Gasteiger partial charge in [0.25, 0.3) is 0 Å². The maximum absolute atomic E-state index is 10.1. The van der Waals surface area contributed by atoms with E-state index in [-0.39, 0.29) is 0 Å². The van der Waals surface area contributed by atoms with Gasteiger partial charge < -0.3 is 20.1 Å². The summed E-state index contributed by atoms with van der Waals surface area (Å²) in [4.78, 5) is 2.35. The maximum atomic E-state index is 10.1. The van der Waals surface area contributed by atoms with Crippen LogP contribution in [0.15, 0.2) is 18.2 Å². The lowest BCUT2D eigenvalue weighted by Crippen LogP contribution is -2.44. The molecule has 4 nitrogen and oxygen atoms in total. The highest BCUT2D eigenvalue weighted by atomic mass is 16.5. The summed E-state index contributed by atoms with van der Waals surface area (Å²) >= 11 is 0. The van der Waals surface area contributed by atoms with Crippen LogP contribution in [0.25, 0.3) is 0 Å². The van der Waals surface area contributed by atoms with Crippen LogP contribution in [0.1, 0.15) is 24.0 Å². The van der Waals surface area contributed by atoms with Crippen LogP contribution in [0.3, 0.4) is 0 Å². The molecule has 1 aliphatic rings. The molecule has 0 amide bonds. The number of nitrogens with one attached hydrogen (secondary N) is 1. The fraction of sp³-hybridized carbons (Fsp3) is 0.647. The number of ether oxygens (including phenoxy) is 1. The molecule has 0 bridgehead atoms. The molecule has 4 heteroatoms. The summed E-state index contributed by atoms with van der Waals surface area (Å²) < 4.78 is 5.74. The summed E-state index contributed by atoms with van der Waals surface area (Å²) in [5.41, 5.74) is 2.28. The molecule has 2 N–H and O–H groups in total. The largest absolute Gasteiger partial charge is 0.491 e. The molecule has 1 saturated heterocycles. The Hall–Kier alpha value is -1.10. The number of aliphatic hydroxyl groups is 1. The van der Waals surface area contributed by atoms with Crippen LogP contribution in [-0.4, -0.2) is 55.4 Å². The number of hydrogen-bond acceptors (Lipinski definition) is 4. The van der Waals surface area contributed by atoms with Crippen molar-refractivity contribution in [3.05, 3.63) is 29.3 Å². The van der Waals surface area contributed by atoms with Crippen LogP contribution >= 0.6 is 0 Å². The summed E-state index contributed by atoms with van der Waals surface area (Å²) in [5, 5.41) is 13.5. The zero-order valence-corrected chi connectivity index (χ0v) is 13.4. The summed E-state index contributed by atoms with van der Waals surface area (Å²) in [6, 6.07) is 6.66. The Morgan fingerprint density at radius 3 is 2.76 bits per heavy atom. The van der Waals surface area contributed by atoms with Gasteiger partial charge in [-0.05, 0) is 64.0 Å². The van der Waals surface area contributed by atoms with Gasteiger partial charge in [0.05, 0.1) is 0 Å². The van der Waals surface area contributed by atoms with Gasteiger partial charge in [-0.3, -0.25) is 0 Å². The molecule has 1 heterocycles. The predicted octanol–water partition coefficient (Wildman–Crippen LogP) is 1.73. The minimum absolute atomic E-state index is 0.337. The molecule has 0 aliphatic carbocycles. The molecule has 1 aliphatic heterocycles. The van der Waals surface area contributed by atoms with E-state index >= 15 is 0 Å². The predicted molar refractivity (Wildman–Crippen MR) is 85.9 cm³/mol. The molecule has 0 spiro atoms. The minimum atomic E-state index is -0.468. The fourth-order valence-electron chi connectivity index (χ4n) is 2.62. The van der Waals surface area contributed by atoms with Gasteiger partial charge in [0.2, 0.25) is 0 Å². The first-order valence-corrected chi connectivity index (χ1v) is 7.84. The lowest BCUT2D eigenvalue weighted by Gasteiger charge is -2.30. The number of hydrogen-bond donors (Lipinski definition) is 2. The lowest BCUT2D eigenvalue weighted by atomic mass is 10.1.